The summed E-state index contributed by atoms with van der Waals surface area (Å²) in [4.78, 5) is 0. The van der Waals surface area contributed by atoms with E-state index in [4.69, 9.17) is 0 Å². The number of benzene rings is 1. The second-order valence-corrected chi connectivity index (χ2v) is 4.29. The standard InChI is InChI=1S/C12H11BrFN3/c1-2-15-11-7-6-10(16-17-11)8-4-3-5-9(13)12(8)14/h3-7H,2H2,1H3,(H,15,17). The maximum absolute atomic E-state index is 13.8. The quantitative estimate of drug-likeness (QED) is 0.942. The topological polar surface area (TPSA) is 37.8 Å². The fourth-order valence-electron chi connectivity index (χ4n) is 1.45. The average Bonchev–Trinajstić information content (AvgIpc) is 2.34. The molecule has 0 aliphatic carbocycles. The van der Waals surface area contributed by atoms with Crippen LogP contribution in [-0.2, 0) is 0 Å². The summed E-state index contributed by atoms with van der Waals surface area (Å²) in [6, 6.07) is 8.63. The minimum atomic E-state index is -0.321. The van der Waals surface area contributed by atoms with Gasteiger partial charge in [-0.25, -0.2) is 4.39 Å². The largest absolute Gasteiger partial charge is 0.369 e. The fraction of sp³-hybridized carbons (Fsp3) is 0.167. The zero-order valence-corrected chi connectivity index (χ0v) is 10.8. The Hall–Kier alpha value is -1.49. The molecule has 0 atom stereocenters. The average molecular weight is 296 g/mol. The molecule has 1 aromatic heterocycles. The molecule has 2 rings (SSSR count). The van der Waals surface area contributed by atoms with Gasteiger partial charge in [0.15, 0.2) is 0 Å². The van der Waals surface area contributed by atoms with Gasteiger partial charge < -0.3 is 5.32 Å². The van der Waals surface area contributed by atoms with E-state index in [-0.39, 0.29) is 5.82 Å². The predicted molar refractivity (Wildman–Crippen MR) is 69.3 cm³/mol. The van der Waals surface area contributed by atoms with Gasteiger partial charge in [-0.3, -0.25) is 0 Å². The van der Waals surface area contributed by atoms with Crippen LogP contribution in [0.25, 0.3) is 11.3 Å². The van der Waals surface area contributed by atoms with Crippen LogP contribution < -0.4 is 5.32 Å². The predicted octanol–water partition coefficient (Wildman–Crippen LogP) is 3.48. The van der Waals surface area contributed by atoms with Crippen molar-refractivity contribution >= 4 is 21.7 Å². The van der Waals surface area contributed by atoms with E-state index in [0.29, 0.717) is 21.5 Å². The van der Waals surface area contributed by atoms with Crippen LogP contribution in [0.15, 0.2) is 34.8 Å². The number of halogens is 2. The summed E-state index contributed by atoms with van der Waals surface area (Å²) in [7, 11) is 0. The van der Waals surface area contributed by atoms with E-state index in [1.165, 1.54) is 0 Å². The van der Waals surface area contributed by atoms with Crippen molar-refractivity contribution in [2.45, 2.75) is 6.92 Å². The van der Waals surface area contributed by atoms with Crippen LogP contribution >= 0.6 is 15.9 Å². The molecule has 88 valence electrons. The summed E-state index contributed by atoms with van der Waals surface area (Å²) in [6.45, 7) is 2.75. The molecule has 0 saturated heterocycles. The SMILES string of the molecule is CCNc1ccc(-c2cccc(Br)c2F)nn1. The number of nitrogens with one attached hydrogen (secondary N) is 1. The molecule has 0 aliphatic heterocycles. The lowest BCUT2D eigenvalue weighted by Crippen LogP contribution is -2.01. The molecular formula is C12H11BrFN3. The van der Waals surface area contributed by atoms with Crippen LogP contribution in [0.1, 0.15) is 6.92 Å². The Bertz CT molecular complexity index is 514. The fourth-order valence-corrected chi connectivity index (χ4v) is 1.82. The lowest BCUT2D eigenvalue weighted by molar-refractivity contribution is 0.623. The van der Waals surface area contributed by atoms with E-state index in [1.54, 1.807) is 30.3 Å². The highest BCUT2D eigenvalue weighted by molar-refractivity contribution is 9.10. The Kier molecular flexibility index (Phi) is 3.68. The highest BCUT2D eigenvalue weighted by Crippen LogP contribution is 2.26. The minimum Gasteiger partial charge on any atom is -0.369 e. The maximum atomic E-state index is 13.8. The van der Waals surface area contributed by atoms with Crippen LogP contribution in [0.4, 0.5) is 10.2 Å². The molecule has 0 aliphatic rings. The Morgan fingerprint density at radius 3 is 2.71 bits per heavy atom. The lowest BCUT2D eigenvalue weighted by atomic mass is 10.1. The van der Waals surface area contributed by atoms with Gasteiger partial charge in [0.05, 0.1) is 10.2 Å². The summed E-state index contributed by atoms with van der Waals surface area (Å²) in [6.07, 6.45) is 0. The van der Waals surface area contributed by atoms with E-state index in [0.717, 1.165) is 6.54 Å². The van der Waals surface area contributed by atoms with Gasteiger partial charge in [-0.05, 0) is 47.1 Å². The van der Waals surface area contributed by atoms with Crippen LogP contribution in [-0.4, -0.2) is 16.7 Å². The second kappa shape index (κ2) is 5.23. The third-order valence-electron chi connectivity index (χ3n) is 2.25. The van der Waals surface area contributed by atoms with Gasteiger partial charge in [0.2, 0.25) is 0 Å². The first-order chi connectivity index (χ1) is 8.22. The number of hydrogen-bond acceptors (Lipinski definition) is 3. The Labute approximate surface area is 107 Å². The van der Waals surface area contributed by atoms with Crippen molar-refractivity contribution in [3.8, 4) is 11.3 Å². The minimum absolute atomic E-state index is 0.321. The summed E-state index contributed by atoms with van der Waals surface area (Å²) in [5.41, 5.74) is 0.959. The van der Waals surface area contributed by atoms with Crippen molar-refractivity contribution in [3.05, 3.63) is 40.6 Å². The Balaban J connectivity index is 2.36. The summed E-state index contributed by atoms with van der Waals surface area (Å²) >= 11 is 3.15. The molecule has 2 aromatic rings. The first-order valence-electron chi connectivity index (χ1n) is 5.24. The molecule has 0 fully saturated rings. The summed E-state index contributed by atoms with van der Waals surface area (Å²) in [5.74, 6) is 0.365. The van der Waals surface area contributed by atoms with Gasteiger partial charge >= 0.3 is 0 Å². The Morgan fingerprint density at radius 1 is 1.24 bits per heavy atom. The third kappa shape index (κ3) is 2.61. The van der Waals surface area contributed by atoms with Crippen molar-refractivity contribution in [3.63, 3.8) is 0 Å². The van der Waals surface area contributed by atoms with Crippen LogP contribution in [0.5, 0.6) is 0 Å². The molecule has 3 nitrogen and oxygen atoms in total. The third-order valence-corrected chi connectivity index (χ3v) is 2.86. The van der Waals surface area contributed by atoms with Gasteiger partial charge in [0, 0.05) is 12.1 Å². The first kappa shape index (κ1) is 12.0. The van der Waals surface area contributed by atoms with Gasteiger partial charge in [0.25, 0.3) is 0 Å². The van der Waals surface area contributed by atoms with E-state index in [1.807, 2.05) is 6.92 Å². The number of aromatic nitrogens is 2. The van der Waals surface area contributed by atoms with Crippen LogP contribution in [0.2, 0.25) is 0 Å². The zero-order chi connectivity index (χ0) is 12.3. The van der Waals surface area contributed by atoms with E-state index >= 15 is 0 Å². The van der Waals surface area contributed by atoms with E-state index < -0.39 is 0 Å². The number of nitrogens with zero attached hydrogens (tertiary/aromatic N) is 2. The number of rotatable bonds is 3. The van der Waals surface area contributed by atoms with Gasteiger partial charge in [0.1, 0.15) is 11.6 Å². The normalized spacial score (nSPS) is 10.3. The highest BCUT2D eigenvalue weighted by Gasteiger charge is 2.09. The van der Waals surface area contributed by atoms with E-state index in [2.05, 4.69) is 31.4 Å². The summed E-state index contributed by atoms with van der Waals surface area (Å²) < 4.78 is 14.2. The zero-order valence-electron chi connectivity index (χ0n) is 9.24. The molecule has 0 saturated carbocycles. The number of hydrogen-bond donors (Lipinski definition) is 1. The smallest absolute Gasteiger partial charge is 0.148 e. The molecular weight excluding hydrogens is 285 g/mol. The highest BCUT2D eigenvalue weighted by atomic mass is 79.9. The summed E-state index contributed by atoms with van der Waals surface area (Å²) in [5, 5.41) is 11.0. The molecule has 17 heavy (non-hydrogen) atoms. The van der Waals surface area contributed by atoms with Crippen molar-refractivity contribution < 1.29 is 4.39 Å². The molecule has 0 unspecified atom stereocenters. The first-order valence-corrected chi connectivity index (χ1v) is 6.03. The molecule has 0 bridgehead atoms. The lowest BCUT2D eigenvalue weighted by Gasteiger charge is -2.05. The molecule has 1 N–H and O–H groups in total. The van der Waals surface area contributed by atoms with Crippen molar-refractivity contribution in [2.24, 2.45) is 0 Å². The molecule has 0 amide bonds. The van der Waals surface area contributed by atoms with Gasteiger partial charge in [-0.15, -0.1) is 10.2 Å². The number of anilines is 1. The molecule has 0 spiro atoms. The van der Waals surface area contributed by atoms with Crippen molar-refractivity contribution in [1.82, 2.24) is 10.2 Å². The van der Waals surface area contributed by atoms with Crippen LogP contribution in [0, 0.1) is 5.82 Å². The molecule has 5 heteroatoms. The Morgan fingerprint density at radius 2 is 2.06 bits per heavy atom. The molecule has 1 heterocycles. The monoisotopic (exact) mass is 295 g/mol. The van der Waals surface area contributed by atoms with Gasteiger partial charge in [-0.2, -0.15) is 0 Å². The van der Waals surface area contributed by atoms with Crippen molar-refractivity contribution in [1.29, 1.82) is 0 Å². The van der Waals surface area contributed by atoms with E-state index in [9.17, 15) is 4.39 Å². The van der Waals surface area contributed by atoms with Crippen LogP contribution in [0.3, 0.4) is 0 Å². The van der Waals surface area contributed by atoms with Gasteiger partial charge in [-0.1, -0.05) is 6.07 Å². The maximum Gasteiger partial charge on any atom is 0.148 e. The molecule has 1 aromatic carbocycles. The second-order valence-electron chi connectivity index (χ2n) is 3.44. The molecule has 0 radical (unpaired) electrons. The van der Waals surface area contributed by atoms with Crippen molar-refractivity contribution in [2.75, 3.05) is 11.9 Å².